The number of carbonyl (C=O) groups is 5. The van der Waals surface area contributed by atoms with Crippen LogP contribution in [0, 0.1) is 35.5 Å². The van der Waals surface area contributed by atoms with E-state index in [2.05, 4.69) is 32.6 Å². The van der Waals surface area contributed by atoms with E-state index in [1.165, 1.54) is 12.0 Å². The van der Waals surface area contributed by atoms with Gasteiger partial charge in [-0.15, -0.1) is 0 Å². The second-order valence-electron chi connectivity index (χ2n) is 21.8. The van der Waals surface area contributed by atoms with Crippen LogP contribution in [0.3, 0.4) is 0 Å². The van der Waals surface area contributed by atoms with Crippen molar-refractivity contribution in [2.24, 2.45) is 35.5 Å². The van der Waals surface area contributed by atoms with Crippen LogP contribution >= 0.6 is 0 Å². The minimum atomic E-state index is -2.42. The first kappa shape index (κ1) is 58.4. The number of cyclic esters (lactones) is 1. The second-order valence-corrected chi connectivity index (χ2v) is 26.3. The number of amides is 1. The summed E-state index contributed by atoms with van der Waals surface area (Å²) in [6, 6.07) is -1.13. The van der Waals surface area contributed by atoms with Crippen LogP contribution in [0.2, 0.25) is 19.6 Å². The maximum Gasteiger partial charge on any atom is 0.329 e. The summed E-state index contributed by atoms with van der Waals surface area (Å²) in [4.78, 5) is 73.0. The van der Waals surface area contributed by atoms with Gasteiger partial charge in [-0.3, -0.25) is 19.2 Å². The number of nitrogens with zero attached hydrogens (tertiary/aromatic N) is 1. The summed E-state index contributed by atoms with van der Waals surface area (Å²) in [5.74, 6) is -7.24. The number of hydrogen-bond donors (Lipinski definition) is 2. The Morgan fingerprint density at radius 2 is 1.58 bits per heavy atom. The molecule has 1 amide bonds. The number of methoxy groups -OCH3 is 3. The molecule has 3 fully saturated rings. The van der Waals surface area contributed by atoms with Gasteiger partial charge in [0.05, 0.1) is 30.5 Å². The van der Waals surface area contributed by atoms with Gasteiger partial charge in [0.15, 0.2) is 19.9 Å². The molecule has 2 bridgehead atoms. The number of piperidine rings is 1. The maximum atomic E-state index is 14.5. The lowest BCUT2D eigenvalue weighted by Gasteiger charge is -2.42. The van der Waals surface area contributed by atoms with Crippen molar-refractivity contribution in [1.29, 1.82) is 0 Å². The minimum Gasteiger partial charge on any atom is -0.460 e. The Hall–Kier alpha value is -3.15. The number of carbonyl (C=O) groups excluding carboxylic acids is 5. The Morgan fingerprint density at radius 3 is 2.23 bits per heavy atom. The highest BCUT2D eigenvalue weighted by molar-refractivity contribution is 6.69. The molecule has 0 radical (unpaired) electrons. The normalized spacial score (nSPS) is 36.6. The van der Waals surface area contributed by atoms with E-state index in [4.69, 9.17) is 28.1 Å². The molecule has 1 saturated carbocycles. The smallest absolute Gasteiger partial charge is 0.329 e. The number of fused-ring (bicyclic) bond motifs is 3. The molecule has 1 unspecified atom stereocenters. The Labute approximate surface area is 414 Å². The van der Waals surface area contributed by atoms with Gasteiger partial charge >= 0.3 is 5.97 Å². The van der Waals surface area contributed by atoms with E-state index in [-0.39, 0.29) is 60.7 Å². The standard InChI is InChI=1S/C54H87NO13Si/c1-33-19-15-14-16-20-34(2)45(63-8)31-41-24-22-39(7)54(62,67-41)51(59)52(60)55-26-18-17-21-42(55)53(61)66-46(36(4)29-40-23-25-43(56)47(30-40)64-9)32-44(57)35(3)28-38(6)49(68-69(11,12)13)50(65-10)48(58)37(5)27-33/h14-16,19-20,28,33,36-43,45-47,49-50,56,62H,17-18,21-27,29-32H2,1-13H3/t33-,36-,37-,38?,39-,40+,41+,42+,43-,45+,46+,47-,49-,50+,54-/m1/s1. The van der Waals surface area contributed by atoms with Gasteiger partial charge in [-0.2, -0.15) is 0 Å². The predicted molar refractivity (Wildman–Crippen MR) is 267 cm³/mol. The molecule has 0 spiro atoms. The van der Waals surface area contributed by atoms with Crippen LogP contribution in [-0.2, 0) is 52.1 Å². The van der Waals surface area contributed by atoms with Crippen molar-refractivity contribution in [3.63, 3.8) is 0 Å². The lowest BCUT2D eigenvalue weighted by Crippen LogP contribution is -2.61. The fourth-order valence-electron chi connectivity index (χ4n) is 10.7. The number of esters is 1. The molecule has 1 aliphatic carbocycles. The fraction of sp³-hybridized carbons (Fsp3) is 0.759. The highest BCUT2D eigenvalue weighted by Gasteiger charge is 2.53. The van der Waals surface area contributed by atoms with Crippen molar-refractivity contribution in [2.75, 3.05) is 27.9 Å². The number of allylic oxidation sites excluding steroid dienone is 6. The summed E-state index contributed by atoms with van der Waals surface area (Å²) in [7, 11) is 2.42. The molecule has 3 aliphatic heterocycles. The third kappa shape index (κ3) is 16.2. The molecule has 2 saturated heterocycles. The van der Waals surface area contributed by atoms with Crippen molar-refractivity contribution in [2.45, 2.75) is 200 Å². The molecule has 3 heterocycles. The van der Waals surface area contributed by atoms with Crippen LogP contribution in [0.4, 0.5) is 0 Å². The van der Waals surface area contributed by atoms with Crippen molar-refractivity contribution >= 4 is 37.5 Å². The van der Waals surface area contributed by atoms with Crippen molar-refractivity contribution in [3.8, 4) is 0 Å². The number of rotatable bonds is 8. The highest BCUT2D eigenvalue weighted by Crippen LogP contribution is 2.38. The van der Waals surface area contributed by atoms with Gasteiger partial charge in [-0.1, -0.05) is 71.1 Å². The first-order valence-electron chi connectivity index (χ1n) is 25.6. The largest absolute Gasteiger partial charge is 0.460 e. The molecule has 2 N–H and O–H groups in total. The Bertz CT molecular complexity index is 1870. The van der Waals surface area contributed by atoms with Crippen LogP contribution in [0.1, 0.15) is 126 Å². The summed E-state index contributed by atoms with van der Waals surface area (Å²) in [5, 5.41) is 22.5. The number of aliphatic hydroxyl groups is 2. The van der Waals surface area contributed by atoms with Gasteiger partial charge in [0.1, 0.15) is 18.2 Å². The molecule has 390 valence electrons. The number of ether oxygens (including phenoxy) is 5. The molecule has 15 atom stereocenters. The van der Waals surface area contributed by atoms with Crippen molar-refractivity contribution in [1.82, 2.24) is 4.90 Å². The van der Waals surface area contributed by atoms with Gasteiger partial charge in [0.25, 0.3) is 11.7 Å². The Kier molecular flexibility index (Phi) is 22.4. The Balaban J connectivity index is 1.76. The number of aliphatic hydroxyl groups excluding tert-OH is 1. The zero-order valence-electron chi connectivity index (χ0n) is 44.1. The van der Waals surface area contributed by atoms with Gasteiger partial charge in [0, 0.05) is 58.5 Å². The van der Waals surface area contributed by atoms with Crippen LogP contribution in [0.15, 0.2) is 47.6 Å². The van der Waals surface area contributed by atoms with Crippen LogP contribution in [0.5, 0.6) is 0 Å². The molecule has 4 rings (SSSR count). The van der Waals surface area contributed by atoms with E-state index in [1.807, 2.05) is 58.1 Å². The fourth-order valence-corrected chi connectivity index (χ4v) is 11.9. The first-order chi connectivity index (χ1) is 32.4. The summed E-state index contributed by atoms with van der Waals surface area (Å²) in [6.45, 7) is 19.4. The zero-order valence-corrected chi connectivity index (χ0v) is 45.1. The molecule has 14 nitrogen and oxygen atoms in total. The van der Waals surface area contributed by atoms with Crippen LogP contribution < -0.4 is 0 Å². The Morgan fingerprint density at radius 1 is 0.870 bits per heavy atom. The average Bonchev–Trinajstić information content (AvgIpc) is 3.30. The van der Waals surface area contributed by atoms with Gasteiger partial charge < -0.3 is 43.2 Å². The lowest BCUT2D eigenvalue weighted by atomic mass is 9.78. The van der Waals surface area contributed by atoms with Gasteiger partial charge in [-0.25, -0.2) is 4.79 Å². The van der Waals surface area contributed by atoms with Gasteiger partial charge in [0.2, 0.25) is 5.79 Å². The molecule has 0 aromatic heterocycles. The van der Waals surface area contributed by atoms with Gasteiger partial charge in [-0.05, 0) is 127 Å². The van der Waals surface area contributed by atoms with E-state index in [9.17, 15) is 34.2 Å². The molecule has 0 aromatic carbocycles. The van der Waals surface area contributed by atoms with Crippen LogP contribution in [0.25, 0.3) is 0 Å². The van der Waals surface area contributed by atoms with Crippen molar-refractivity contribution < 1.29 is 62.3 Å². The molecular formula is C54H87NO13Si. The highest BCUT2D eigenvalue weighted by atomic mass is 28.4. The van der Waals surface area contributed by atoms with E-state index in [0.717, 1.165) is 12.0 Å². The molecule has 0 aromatic rings. The number of Topliss-reactive ketones (excluding diaryl/α,β-unsaturated/α-hetero) is 3. The number of hydrogen-bond acceptors (Lipinski definition) is 13. The summed E-state index contributed by atoms with van der Waals surface area (Å²) < 4.78 is 36.7. The number of ketones is 3. The first-order valence-corrected chi connectivity index (χ1v) is 29.0. The van der Waals surface area contributed by atoms with E-state index in [1.54, 1.807) is 28.1 Å². The molecular weight excluding hydrogens is 899 g/mol. The van der Waals surface area contributed by atoms with E-state index in [0.29, 0.717) is 63.4 Å². The van der Waals surface area contributed by atoms with E-state index < -0.39 is 86.3 Å². The zero-order chi connectivity index (χ0) is 51.4. The quantitative estimate of drug-likeness (QED) is 0.135. The minimum absolute atomic E-state index is 0.0583. The second kappa shape index (κ2) is 26.5. The topological polar surface area (TPSA) is 184 Å². The average molecular weight is 986 g/mol. The maximum absolute atomic E-state index is 14.5. The molecule has 4 aliphatic rings. The summed E-state index contributed by atoms with van der Waals surface area (Å²) in [5.41, 5.74) is 1.31. The lowest BCUT2D eigenvalue weighted by molar-refractivity contribution is -0.265. The SMILES string of the molecule is CO[C@H]1C[C@@H]2CC[C@@H](C)[C@@](O)(O2)C(=O)C(=O)N2CCCC[C@H]2C(=O)O[C@H]([C@H](C)C[C@@H]2CC[C@@H](O)[C@H](OC)C2)CC(=O)C(C)=CC(C)[C@@H](O[Si](C)(C)C)[C@@H](OC)C(=O)[C@H](C)C[C@H](C)C=CC=CC=C1C. The summed E-state index contributed by atoms with van der Waals surface area (Å²) >= 11 is 0. The summed E-state index contributed by atoms with van der Waals surface area (Å²) in [6.07, 6.45) is 12.7. The third-order valence-electron chi connectivity index (χ3n) is 14.9. The van der Waals surface area contributed by atoms with E-state index >= 15 is 0 Å². The molecule has 69 heavy (non-hydrogen) atoms. The third-order valence-corrected chi connectivity index (χ3v) is 15.9. The van der Waals surface area contributed by atoms with Crippen LogP contribution in [-0.4, -0.2) is 135 Å². The monoisotopic (exact) mass is 986 g/mol. The molecule has 15 heteroatoms. The van der Waals surface area contributed by atoms with Crippen molar-refractivity contribution in [3.05, 3.63) is 47.6 Å². The predicted octanol–water partition coefficient (Wildman–Crippen LogP) is 8.04.